The molecule has 0 aromatic carbocycles. The van der Waals surface area contributed by atoms with Crippen molar-refractivity contribution in [1.29, 1.82) is 0 Å². The van der Waals surface area contributed by atoms with Crippen molar-refractivity contribution in [3.8, 4) is 5.88 Å². The molecule has 1 aliphatic carbocycles. The summed E-state index contributed by atoms with van der Waals surface area (Å²) in [7, 11) is 3.46. The summed E-state index contributed by atoms with van der Waals surface area (Å²) >= 11 is 3.32. The maximum absolute atomic E-state index is 10.4. The van der Waals surface area contributed by atoms with Crippen molar-refractivity contribution in [3.05, 3.63) is 10.7 Å². The fraction of sp³-hybridized carbons (Fsp3) is 0.667. The summed E-state index contributed by atoms with van der Waals surface area (Å²) in [6.45, 7) is 0.553. The molecule has 1 N–H and O–H groups in total. The van der Waals surface area contributed by atoms with E-state index in [1.54, 1.807) is 13.3 Å². The average molecular weight is 316 g/mol. The van der Waals surface area contributed by atoms with Gasteiger partial charge in [0.15, 0.2) is 0 Å². The maximum Gasteiger partial charge on any atom is 0.232 e. The lowest BCUT2D eigenvalue weighted by atomic mass is 10.0. The fourth-order valence-corrected chi connectivity index (χ4v) is 2.73. The number of hydrogen-bond acceptors (Lipinski definition) is 5. The summed E-state index contributed by atoms with van der Waals surface area (Å²) in [4.78, 5) is 10.4. The Morgan fingerprint density at radius 3 is 2.78 bits per heavy atom. The molecule has 0 radical (unpaired) electrons. The van der Waals surface area contributed by atoms with Crippen LogP contribution in [-0.2, 0) is 0 Å². The van der Waals surface area contributed by atoms with E-state index in [2.05, 4.69) is 25.9 Å². The molecule has 0 saturated heterocycles. The number of methoxy groups -OCH3 is 1. The molecule has 5 nitrogen and oxygen atoms in total. The molecule has 100 valence electrons. The SMILES string of the molecule is COc1nc(N(C)CC2(O)CCCC2)ncc1Br. The molecule has 1 heterocycles. The Hall–Kier alpha value is -0.880. The van der Waals surface area contributed by atoms with Crippen molar-refractivity contribution in [2.24, 2.45) is 0 Å². The van der Waals surface area contributed by atoms with E-state index in [0.29, 0.717) is 18.4 Å². The largest absolute Gasteiger partial charge is 0.480 e. The highest BCUT2D eigenvalue weighted by Gasteiger charge is 2.32. The maximum atomic E-state index is 10.4. The van der Waals surface area contributed by atoms with Crippen molar-refractivity contribution in [3.63, 3.8) is 0 Å². The number of rotatable bonds is 4. The number of aliphatic hydroxyl groups is 1. The molecule has 1 aliphatic rings. The van der Waals surface area contributed by atoms with E-state index in [-0.39, 0.29) is 0 Å². The molecule has 0 unspecified atom stereocenters. The van der Waals surface area contributed by atoms with E-state index in [4.69, 9.17) is 4.74 Å². The average Bonchev–Trinajstić information content (AvgIpc) is 2.76. The number of halogens is 1. The number of nitrogens with zero attached hydrogens (tertiary/aromatic N) is 3. The Balaban J connectivity index is 2.10. The second kappa shape index (κ2) is 5.40. The molecule has 2 rings (SSSR count). The van der Waals surface area contributed by atoms with Gasteiger partial charge in [-0.3, -0.25) is 0 Å². The van der Waals surface area contributed by atoms with Gasteiger partial charge in [-0.25, -0.2) is 4.98 Å². The summed E-state index contributed by atoms with van der Waals surface area (Å²) < 4.78 is 5.87. The van der Waals surface area contributed by atoms with Crippen LogP contribution in [0.3, 0.4) is 0 Å². The van der Waals surface area contributed by atoms with Crippen LogP contribution in [0.15, 0.2) is 10.7 Å². The Bertz CT molecular complexity index is 422. The van der Waals surface area contributed by atoms with E-state index in [1.165, 1.54) is 0 Å². The number of likely N-dealkylation sites (N-methyl/N-ethyl adjacent to an activating group) is 1. The van der Waals surface area contributed by atoms with Crippen molar-refractivity contribution in [2.45, 2.75) is 31.3 Å². The first kappa shape index (κ1) is 13.5. The normalized spacial score (nSPS) is 17.8. The zero-order chi connectivity index (χ0) is 13.2. The van der Waals surface area contributed by atoms with Crippen LogP contribution in [-0.4, -0.2) is 41.4 Å². The predicted molar refractivity (Wildman–Crippen MR) is 73.0 cm³/mol. The van der Waals surface area contributed by atoms with Gasteiger partial charge in [-0.15, -0.1) is 0 Å². The third kappa shape index (κ3) is 2.92. The highest BCUT2D eigenvalue weighted by Crippen LogP contribution is 2.31. The molecule has 0 atom stereocenters. The van der Waals surface area contributed by atoms with Crippen LogP contribution in [0.2, 0.25) is 0 Å². The zero-order valence-electron chi connectivity index (χ0n) is 10.7. The quantitative estimate of drug-likeness (QED) is 0.920. The molecule has 0 amide bonds. The topological polar surface area (TPSA) is 58.5 Å². The predicted octanol–water partition coefficient (Wildman–Crippen LogP) is 1.99. The molecule has 1 aromatic rings. The zero-order valence-corrected chi connectivity index (χ0v) is 12.3. The second-order valence-electron chi connectivity index (χ2n) is 4.81. The third-order valence-corrected chi connectivity index (χ3v) is 3.84. The highest BCUT2D eigenvalue weighted by molar-refractivity contribution is 9.10. The molecule has 0 bridgehead atoms. The van der Waals surface area contributed by atoms with Gasteiger partial charge in [0.2, 0.25) is 11.8 Å². The Morgan fingerprint density at radius 1 is 1.50 bits per heavy atom. The van der Waals surface area contributed by atoms with Gasteiger partial charge >= 0.3 is 0 Å². The van der Waals surface area contributed by atoms with Crippen LogP contribution >= 0.6 is 15.9 Å². The Labute approximate surface area is 115 Å². The van der Waals surface area contributed by atoms with Crippen LogP contribution in [0, 0.1) is 0 Å². The second-order valence-corrected chi connectivity index (χ2v) is 5.67. The first-order valence-electron chi connectivity index (χ1n) is 6.04. The summed E-state index contributed by atoms with van der Waals surface area (Å²) in [6.07, 6.45) is 5.55. The molecule has 0 spiro atoms. The van der Waals surface area contributed by atoms with Gasteiger partial charge in [0.1, 0.15) is 0 Å². The van der Waals surface area contributed by atoms with Crippen molar-refractivity contribution >= 4 is 21.9 Å². The first-order valence-corrected chi connectivity index (χ1v) is 6.83. The number of aromatic nitrogens is 2. The minimum absolute atomic E-state index is 0.505. The molecule has 1 fully saturated rings. The summed E-state index contributed by atoms with van der Waals surface area (Å²) in [5, 5.41) is 10.4. The van der Waals surface area contributed by atoms with Gasteiger partial charge in [0, 0.05) is 13.6 Å². The van der Waals surface area contributed by atoms with E-state index < -0.39 is 5.60 Å². The van der Waals surface area contributed by atoms with E-state index in [1.807, 2.05) is 11.9 Å². The Kier molecular flexibility index (Phi) is 4.07. The van der Waals surface area contributed by atoms with Crippen LogP contribution in [0.1, 0.15) is 25.7 Å². The third-order valence-electron chi connectivity index (χ3n) is 3.30. The van der Waals surface area contributed by atoms with Crippen molar-refractivity contribution in [1.82, 2.24) is 9.97 Å². The molecule has 0 aliphatic heterocycles. The van der Waals surface area contributed by atoms with Crippen LogP contribution < -0.4 is 9.64 Å². The van der Waals surface area contributed by atoms with Gasteiger partial charge in [0.05, 0.1) is 23.4 Å². The smallest absolute Gasteiger partial charge is 0.232 e. The standard InChI is InChI=1S/C12H18BrN3O2/c1-16(8-12(17)5-3-4-6-12)11-14-7-9(13)10(15-11)18-2/h7,17H,3-6,8H2,1-2H3. The number of ether oxygens (including phenoxy) is 1. The molecule has 1 aromatic heterocycles. The van der Waals surface area contributed by atoms with E-state index in [9.17, 15) is 5.11 Å². The first-order chi connectivity index (χ1) is 8.54. The lowest BCUT2D eigenvalue weighted by Gasteiger charge is -2.28. The molecule has 6 heteroatoms. The monoisotopic (exact) mass is 315 g/mol. The van der Waals surface area contributed by atoms with Crippen LogP contribution in [0.25, 0.3) is 0 Å². The van der Waals surface area contributed by atoms with Gasteiger partial charge in [-0.1, -0.05) is 12.8 Å². The molecular formula is C12H18BrN3O2. The lowest BCUT2D eigenvalue weighted by Crippen LogP contribution is -2.39. The van der Waals surface area contributed by atoms with Gasteiger partial charge in [0.25, 0.3) is 0 Å². The molecule has 18 heavy (non-hydrogen) atoms. The summed E-state index contributed by atoms with van der Waals surface area (Å²) in [5.41, 5.74) is -0.599. The highest BCUT2D eigenvalue weighted by atomic mass is 79.9. The lowest BCUT2D eigenvalue weighted by molar-refractivity contribution is 0.0556. The van der Waals surface area contributed by atoms with Gasteiger partial charge < -0.3 is 14.7 Å². The summed E-state index contributed by atoms with van der Waals surface area (Å²) in [6, 6.07) is 0. The van der Waals surface area contributed by atoms with Crippen LogP contribution in [0.4, 0.5) is 5.95 Å². The molecular weight excluding hydrogens is 298 g/mol. The summed E-state index contributed by atoms with van der Waals surface area (Å²) in [5.74, 6) is 1.07. The minimum Gasteiger partial charge on any atom is -0.480 e. The number of hydrogen-bond donors (Lipinski definition) is 1. The molecule has 1 saturated carbocycles. The van der Waals surface area contributed by atoms with E-state index >= 15 is 0 Å². The van der Waals surface area contributed by atoms with Gasteiger partial charge in [-0.2, -0.15) is 4.98 Å². The van der Waals surface area contributed by atoms with E-state index in [0.717, 1.165) is 30.2 Å². The van der Waals surface area contributed by atoms with Crippen molar-refractivity contribution < 1.29 is 9.84 Å². The fourth-order valence-electron chi connectivity index (χ4n) is 2.37. The van der Waals surface area contributed by atoms with Gasteiger partial charge in [-0.05, 0) is 28.8 Å². The Morgan fingerprint density at radius 2 is 2.17 bits per heavy atom. The minimum atomic E-state index is -0.599. The van der Waals surface area contributed by atoms with Crippen LogP contribution in [0.5, 0.6) is 5.88 Å². The van der Waals surface area contributed by atoms with Crippen molar-refractivity contribution in [2.75, 3.05) is 25.6 Å². The number of anilines is 1.